The van der Waals surface area contributed by atoms with Gasteiger partial charge in [0.1, 0.15) is 37.7 Å². The number of carbonyl (C=O) groups is 4. The molecule has 1 aliphatic rings. The number of hydrogen-bond donors (Lipinski definition) is 0. The average Bonchev–Trinajstić information content (AvgIpc) is 3.46. The molecule has 1 aliphatic heterocycles. The van der Waals surface area contributed by atoms with Crippen molar-refractivity contribution in [1.82, 2.24) is 29.8 Å². The summed E-state index contributed by atoms with van der Waals surface area (Å²) in [5, 5.41) is 12.0. The quantitative estimate of drug-likeness (QED) is 0.279. The number of hydrogen-bond acceptors (Lipinski definition) is 14. The second-order valence-corrected chi connectivity index (χ2v) is 7.70. The summed E-state index contributed by atoms with van der Waals surface area (Å²) in [7, 11) is 0. The Labute approximate surface area is 204 Å². The van der Waals surface area contributed by atoms with E-state index in [-0.39, 0.29) is 19.9 Å². The third-order valence-electron chi connectivity index (χ3n) is 4.69. The fourth-order valence-corrected chi connectivity index (χ4v) is 3.42. The van der Waals surface area contributed by atoms with Crippen molar-refractivity contribution in [3.05, 3.63) is 24.5 Å². The summed E-state index contributed by atoms with van der Waals surface area (Å²) in [5.74, 6) is -2.81. The molecule has 2 aromatic rings. The van der Waals surface area contributed by atoms with Gasteiger partial charge in [0.25, 0.3) is 0 Å². The van der Waals surface area contributed by atoms with Crippen LogP contribution in [-0.4, -0.2) is 90.9 Å². The monoisotopic (exact) mass is 510 g/mol. The molecule has 0 bridgehead atoms. The summed E-state index contributed by atoms with van der Waals surface area (Å²) in [6.07, 6.45) is -1.85. The van der Waals surface area contributed by atoms with Crippen LogP contribution in [-0.2, 0) is 60.9 Å². The zero-order chi connectivity index (χ0) is 26.2. The molecule has 0 aliphatic carbocycles. The fraction of sp³-hybridized carbons (Fsp3) is 0.600. The maximum Gasteiger partial charge on any atom is 0.303 e. The SMILES string of the molecule is CC(=O)OC[C@H]1O[C@@H](OCc2cn(Cn3cncn3)nn2)[C@H](OC(C)=O)[C@@H](OC(C)=O)[C@H]1OC(C)=O. The summed E-state index contributed by atoms with van der Waals surface area (Å²) >= 11 is 0. The second-order valence-electron chi connectivity index (χ2n) is 7.70. The van der Waals surface area contributed by atoms with Crippen LogP contribution in [0.3, 0.4) is 0 Å². The van der Waals surface area contributed by atoms with E-state index in [1.165, 1.54) is 28.9 Å². The Hall–Kier alpha value is -3.92. The molecule has 5 atom stereocenters. The number of ether oxygens (including phenoxy) is 6. The first-order chi connectivity index (χ1) is 17.1. The Morgan fingerprint density at radius 3 is 2.19 bits per heavy atom. The van der Waals surface area contributed by atoms with E-state index in [9.17, 15) is 19.2 Å². The first-order valence-corrected chi connectivity index (χ1v) is 10.8. The molecule has 1 saturated heterocycles. The van der Waals surface area contributed by atoms with Gasteiger partial charge in [-0.1, -0.05) is 5.21 Å². The van der Waals surface area contributed by atoms with Crippen LogP contribution in [0.15, 0.2) is 18.9 Å². The summed E-state index contributed by atoms with van der Waals surface area (Å²) in [4.78, 5) is 50.7. The van der Waals surface area contributed by atoms with E-state index in [2.05, 4.69) is 20.4 Å². The third-order valence-corrected chi connectivity index (χ3v) is 4.69. The minimum absolute atomic E-state index is 0.148. The largest absolute Gasteiger partial charge is 0.463 e. The van der Waals surface area contributed by atoms with E-state index in [0.29, 0.717) is 5.69 Å². The maximum absolute atomic E-state index is 11.9. The van der Waals surface area contributed by atoms with Gasteiger partial charge in [-0.3, -0.25) is 19.2 Å². The molecule has 3 rings (SSSR count). The first-order valence-electron chi connectivity index (χ1n) is 10.8. The van der Waals surface area contributed by atoms with E-state index < -0.39 is 54.6 Å². The van der Waals surface area contributed by atoms with Crippen LogP contribution in [0.1, 0.15) is 33.4 Å². The van der Waals surface area contributed by atoms with Crippen molar-refractivity contribution in [3.63, 3.8) is 0 Å². The number of nitrogens with zero attached hydrogens (tertiary/aromatic N) is 6. The first kappa shape index (κ1) is 26.7. The lowest BCUT2D eigenvalue weighted by Crippen LogP contribution is -2.62. The Balaban J connectivity index is 1.81. The number of rotatable bonds is 10. The Kier molecular flexibility index (Phi) is 9.02. The van der Waals surface area contributed by atoms with Gasteiger partial charge < -0.3 is 28.4 Å². The molecule has 16 nitrogen and oxygen atoms in total. The molecule has 0 saturated carbocycles. The van der Waals surface area contributed by atoms with E-state index >= 15 is 0 Å². The van der Waals surface area contributed by atoms with Crippen LogP contribution in [0.2, 0.25) is 0 Å². The molecule has 0 unspecified atom stereocenters. The van der Waals surface area contributed by atoms with Crippen molar-refractivity contribution in [3.8, 4) is 0 Å². The Morgan fingerprint density at radius 2 is 1.58 bits per heavy atom. The molecule has 2 aromatic heterocycles. The molecule has 0 spiro atoms. The van der Waals surface area contributed by atoms with Crippen LogP contribution in [0, 0.1) is 0 Å². The van der Waals surface area contributed by atoms with Crippen molar-refractivity contribution in [2.24, 2.45) is 0 Å². The molecule has 1 fully saturated rings. The van der Waals surface area contributed by atoms with E-state index in [1.807, 2.05) is 0 Å². The van der Waals surface area contributed by atoms with E-state index in [1.54, 1.807) is 6.20 Å². The lowest BCUT2D eigenvalue weighted by molar-refractivity contribution is -0.310. The van der Waals surface area contributed by atoms with Gasteiger partial charge in [-0.05, 0) is 0 Å². The average molecular weight is 510 g/mol. The van der Waals surface area contributed by atoms with Crippen molar-refractivity contribution in [2.75, 3.05) is 6.61 Å². The molecule has 0 amide bonds. The second kappa shape index (κ2) is 12.2. The summed E-state index contributed by atoms with van der Waals surface area (Å²) in [5.41, 5.74) is 0.392. The van der Waals surface area contributed by atoms with Gasteiger partial charge in [0, 0.05) is 27.7 Å². The van der Waals surface area contributed by atoms with Crippen LogP contribution in [0.4, 0.5) is 0 Å². The van der Waals surface area contributed by atoms with Crippen molar-refractivity contribution >= 4 is 23.9 Å². The molecule has 196 valence electrons. The van der Waals surface area contributed by atoms with Crippen LogP contribution in [0.5, 0.6) is 0 Å². The number of carbonyl (C=O) groups excluding carboxylic acids is 4. The third kappa shape index (κ3) is 7.54. The minimum atomic E-state index is -1.32. The van der Waals surface area contributed by atoms with Crippen LogP contribution >= 0.6 is 0 Å². The number of esters is 4. The van der Waals surface area contributed by atoms with Gasteiger partial charge in [0.15, 0.2) is 24.6 Å². The van der Waals surface area contributed by atoms with Crippen molar-refractivity contribution in [2.45, 2.75) is 71.7 Å². The van der Waals surface area contributed by atoms with Gasteiger partial charge in [-0.15, -0.1) is 5.10 Å². The maximum atomic E-state index is 11.9. The summed E-state index contributed by atoms with van der Waals surface area (Å²) in [6, 6.07) is 0. The van der Waals surface area contributed by atoms with E-state index in [0.717, 1.165) is 20.8 Å². The predicted octanol–water partition coefficient (Wildman–Crippen LogP) is -1.02. The Bertz CT molecular complexity index is 1060. The highest BCUT2D eigenvalue weighted by Crippen LogP contribution is 2.30. The molecule has 0 radical (unpaired) electrons. The topological polar surface area (TPSA) is 185 Å². The van der Waals surface area contributed by atoms with Gasteiger partial charge in [-0.2, -0.15) is 5.10 Å². The predicted molar refractivity (Wildman–Crippen MR) is 112 cm³/mol. The van der Waals surface area contributed by atoms with Gasteiger partial charge >= 0.3 is 23.9 Å². The molecule has 0 N–H and O–H groups in total. The molecule has 3 heterocycles. The fourth-order valence-electron chi connectivity index (χ4n) is 3.42. The normalized spacial score (nSPS) is 23.5. The number of aromatic nitrogens is 6. The highest BCUT2D eigenvalue weighted by molar-refractivity contribution is 5.68. The summed E-state index contributed by atoms with van der Waals surface area (Å²) < 4.78 is 35.7. The van der Waals surface area contributed by atoms with Gasteiger partial charge in [0.05, 0.1) is 12.8 Å². The molecule has 16 heteroatoms. The van der Waals surface area contributed by atoms with Gasteiger partial charge in [-0.25, -0.2) is 14.3 Å². The minimum Gasteiger partial charge on any atom is -0.463 e. The highest BCUT2D eigenvalue weighted by atomic mass is 16.7. The Morgan fingerprint density at radius 1 is 0.917 bits per heavy atom. The smallest absolute Gasteiger partial charge is 0.303 e. The zero-order valence-electron chi connectivity index (χ0n) is 20.0. The molecule has 36 heavy (non-hydrogen) atoms. The standard InChI is InChI=1S/C20H26N6O10/c1-11(27)31-7-16-17(33-12(2)28)18(34-13(3)29)19(35-14(4)30)20(36-16)32-6-15-5-25(24-23-15)10-26-9-21-8-22-26/h5,8-9,16-20H,6-7,10H2,1-4H3/t16-,17+,18+,19-,20-/m1/s1. The lowest BCUT2D eigenvalue weighted by Gasteiger charge is -2.43. The van der Waals surface area contributed by atoms with Crippen molar-refractivity contribution < 1.29 is 47.6 Å². The lowest BCUT2D eigenvalue weighted by atomic mass is 9.98. The highest BCUT2D eigenvalue weighted by Gasteiger charge is 2.52. The molecule has 0 aromatic carbocycles. The van der Waals surface area contributed by atoms with Gasteiger partial charge in [0.2, 0.25) is 0 Å². The van der Waals surface area contributed by atoms with Crippen molar-refractivity contribution in [1.29, 1.82) is 0 Å². The molecular formula is C20H26N6O10. The van der Waals surface area contributed by atoms with Crippen LogP contribution in [0.25, 0.3) is 0 Å². The van der Waals surface area contributed by atoms with E-state index in [4.69, 9.17) is 28.4 Å². The van der Waals surface area contributed by atoms with Crippen LogP contribution < -0.4 is 0 Å². The summed E-state index contributed by atoms with van der Waals surface area (Å²) in [6.45, 7) is 4.35. The zero-order valence-corrected chi connectivity index (χ0v) is 20.0. The molecular weight excluding hydrogens is 484 g/mol.